The van der Waals surface area contributed by atoms with Crippen LogP contribution in [-0.2, 0) is 25.5 Å². The lowest BCUT2D eigenvalue weighted by Crippen LogP contribution is -2.13. The second-order valence-corrected chi connectivity index (χ2v) is 10.4. The van der Waals surface area contributed by atoms with Crippen LogP contribution >= 0.6 is 0 Å². The number of rotatable bonds is 16. The molecule has 0 saturated heterocycles. The number of ether oxygens (including phenoxy) is 2. The maximum absolute atomic E-state index is 11.1. The minimum Gasteiger partial charge on any atom is -0.463 e. The van der Waals surface area contributed by atoms with Gasteiger partial charge in [0.05, 0.1) is 13.2 Å². The van der Waals surface area contributed by atoms with E-state index in [0.29, 0.717) is 19.1 Å². The molecule has 0 aliphatic heterocycles. The predicted octanol–water partition coefficient (Wildman–Crippen LogP) is 8.36. The Morgan fingerprint density at radius 1 is 0.684 bits per heavy atom. The third-order valence-electron chi connectivity index (χ3n) is 7.70. The zero-order valence-corrected chi connectivity index (χ0v) is 22.9. The molecule has 1 fully saturated rings. The van der Waals surface area contributed by atoms with Gasteiger partial charge in [0.1, 0.15) is 0 Å². The molecule has 0 aromatic heterocycles. The molecule has 0 unspecified atom stereocenters. The van der Waals surface area contributed by atoms with Gasteiger partial charge in [-0.15, -0.1) is 0 Å². The summed E-state index contributed by atoms with van der Waals surface area (Å²) in [5.41, 5.74) is 5.39. The molecule has 0 bridgehead atoms. The monoisotopic (exact) mass is 516 g/mol. The van der Waals surface area contributed by atoms with E-state index in [1.165, 1.54) is 66.5 Å². The first kappa shape index (κ1) is 29.4. The van der Waals surface area contributed by atoms with Crippen molar-refractivity contribution in [2.75, 3.05) is 13.2 Å². The average Bonchev–Trinajstić information content (AvgIpc) is 2.97. The fraction of sp³-hybridized carbons (Fsp3) is 0.471. The molecule has 2 aromatic carbocycles. The third-order valence-corrected chi connectivity index (χ3v) is 7.70. The van der Waals surface area contributed by atoms with Crippen LogP contribution in [0, 0.1) is 5.92 Å². The van der Waals surface area contributed by atoms with Crippen molar-refractivity contribution in [3.8, 4) is 11.1 Å². The molecule has 0 heterocycles. The van der Waals surface area contributed by atoms with E-state index in [9.17, 15) is 9.59 Å². The fourth-order valence-electron chi connectivity index (χ4n) is 5.38. The highest BCUT2D eigenvalue weighted by Gasteiger charge is 2.22. The molecular weight excluding hydrogens is 472 g/mol. The largest absolute Gasteiger partial charge is 0.463 e. The van der Waals surface area contributed by atoms with Crippen LogP contribution in [0.1, 0.15) is 87.7 Å². The lowest BCUT2D eigenvalue weighted by atomic mass is 9.77. The normalized spacial score (nSPS) is 16.9. The highest BCUT2D eigenvalue weighted by Crippen LogP contribution is 2.38. The molecule has 38 heavy (non-hydrogen) atoms. The van der Waals surface area contributed by atoms with Crippen LogP contribution in [0.3, 0.4) is 0 Å². The number of unbranched alkanes of at least 4 members (excludes halogenated alkanes) is 4. The van der Waals surface area contributed by atoms with Gasteiger partial charge in [0, 0.05) is 12.2 Å². The number of hydrogen-bond acceptors (Lipinski definition) is 4. The standard InChI is InChI=1S/C34H44O4/c1-3-33(35)37-25-9-6-5-7-11-27-13-17-29(18-14-27)31-21-23-32(24-22-31)30-19-15-28(16-20-30)12-8-10-26-38-34(36)4-2/h3-4,13-14,17-18,21-24,28,30H,1-2,5-12,15-16,19-20,25-26H2. The summed E-state index contributed by atoms with van der Waals surface area (Å²) in [5, 5.41) is 0. The Bertz CT molecular complexity index is 998. The molecule has 3 rings (SSSR count). The SMILES string of the molecule is C=CC(=O)OCCCCCCc1ccc(-c2ccc(C3CCC(CCCCOC(=O)C=C)CC3)cc2)cc1. The van der Waals surface area contributed by atoms with Crippen LogP contribution in [0.2, 0.25) is 0 Å². The predicted molar refractivity (Wildman–Crippen MR) is 155 cm³/mol. The highest BCUT2D eigenvalue weighted by atomic mass is 16.5. The van der Waals surface area contributed by atoms with E-state index in [1.807, 2.05) is 0 Å². The molecule has 4 heteroatoms. The zero-order chi connectivity index (χ0) is 27.0. The van der Waals surface area contributed by atoms with E-state index in [2.05, 4.69) is 61.7 Å². The van der Waals surface area contributed by atoms with Gasteiger partial charge in [-0.1, -0.05) is 81.0 Å². The maximum Gasteiger partial charge on any atom is 0.330 e. The van der Waals surface area contributed by atoms with E-state index >= 15 is 0 Å². The summed E-state index contributed by atoms with van der Waals surface area (Å²) in [4.78, 5) is 22.1. The number of benzene rings is 2. The molecule has 0 amide bonds. The average molecular weight is 517 g/mol. The van der Waals surface area contributed by atoms with Gasteiger partial charge in [0.2, 0.25) is 0 Å². The second kappa shape index (κ2) is 16.7. The van der Waals surface area contributed by atoms with E-state index in [1.54, 1.807) is 0 Å². The van der Waals surface area contributed by atoms with Crippen LogP contribution in [0.25, 0.3) is 11.1 Å². The summed E-state index contributed by atoms with van der Waals surface area (Å²) >= 11 is 0. The smallest absolute Gasteiger partial charge is 0.330 e. The van der Waals surface area contributed by atoms with Crippen LogP contribution in [0.5, 0.6) is 0 Å². The van der Waals surface area contributed by atoms with Gasteiger partial charge in [-0.05, 0) is 91.9 Å². The molecule has 1 aliphatic rings. The van der Waals surface area contributed by atoms with Crippen molar-refractivity contribution in [2.24, 2.45) is 5.92 Å². The molecule has 204 valence electrons. The molecule has 4 nitrogen and oxygen atoms in total. The molecule has 0 spiro atoms. The second-order valence-electron chi connectivity index (χ2n) is 10.4. The van der Waals surface area contributed by atoms with Crippen LogP contribution in [-0.4, -0.2) is 25.2 Å². The van der Waals surface area contributed by atoms with Crippen molar-refractivity contribution < 1.29 is 19.1 Å². The van der Waals surface area contributed by atoms with Crippen molar-refractivity contribution >= 4 is 11.9 Å². The Morgan fingerprint density at radius 2 is 1.21 bits per heavy atom. The first-order valence-corrected chi connectivity index (χ1v) is 14.4. The van der Waals surface area contributed by atoms with E-state index in [4.69, 9.17) is 9.47 Å². The van der Waals surface area contributed by atoms with Crippen molar-refractivity contribution in [1.29, 1.82) is 0 Å². The minimum atomic E-state index is -0.336. The summed E-state index contributed by atoms with van der Waals surface area (Å²) in [6.45, 7) is 7.82. The minimum absolute atomic E-state index is 0.320. The van der Waals surface area contributed by atoms with E-state index in [0.717, 1.165) is 50.9 Å². The van der Waals surface area contributed by atoms with E-state index < -0.39 is 0 Å². The Morgan fingerprint density at radius 3 is 1.79 bits per heavy atom. The Hall–Kier alpha value is -3.14. The van der Waals surface area contributed by atoms with Gasteiger partial charge in [-0.25, -0.2) is 9.59 Å². The van der Waals surface area contributed by atoms with E-state index in [-0.39, 0.29) is 11.9 Å². The van der Waals surface area contributed by atoms with Gasteiger partial charge in [0.15, 0.2) is 0 Å². The Balaban J connectivity index is 1.33. The first-order valence-electron chi connectivity index (χ1n) is 14.4. The van der Waals surface area contributed by atoms with Crippen molar-refractivity contribution in [1.82, 2.24) is 0 Å². The van der Waals surface area contributed by atoms with Crippen molar-refractivity contribution in [3.63, 3.8) is 0 Å². The number of hydrogen-bond donors (Lipinski definition) is 0. The highest BCUT2D eigenvalue weighted by molar-refractivity contribution is 5.81. The molecule has 2 aromatic rings. The van der Waals surface area contributed by atoms with Gasteiger partial charge < -0.3 is 9.47 Å². The third kappa shape index (κ3) is 10.3. The van der Waals surface area contributed by atoms with Crippen LogP contribution < -0.4 is 0 Å². The van der Waals surface area contributed by atoms with Gasteiger partial charge in [-0.3, -0.25) is 0 Å². The molecule has 1 aliphatic carbocycles. The maximum atomic E-state index is 11.1. The summed E-state index contributed by atoms with van der Waals surface area (Å²) in [6.07, 6.45) is 16.2. The van der Waals surface area contributed by atoms with Gasteiger partial charge in [-0.2, -0.15) is 0 Å². The lowest BCUT2D eigenvalue weighted by Gasteiger charge is -2.29. The fourth-order valence-corrected chi connectivity index (χ4v) is 5.38. The molecule has 0 N–H and O–H groups in total. The lowest BCUT2D eigenvalue weighted by molar-refractivity contribution is -0.138. The van der Waals surface area contributed by atoms with Crippen molar-refractivity contribution in [2.45, 2.75) is 83.0 Å². The first-order chi connectivity index (χ1) is 18.6. The topological polar surface area (TPSA) is 52.6 Å². The Kier molecular flexibility index (Phi) is 12.9. The zero-order valence-electron chi connectivity index (χ0n) is 22.9. The molecule has 0 atom stereocenters. The summed E-state index contributed by atoms with van der Waals surface area (Å²) in [6, 6.07) is 18.2. The van der Waals surface area contributed by atoms with Crippen LogP contribution in [0.15, 0.2) is 73.8 Å². The molecular formula is C34H44O4. The Labute approximate surface area is 229 Å². The summed E-state index contributed by atoms with van der Waals surface area (Å²) in [7, 11) is 0. The summed E-state index contributed by atoms with van der Waals surface area (Å²) < 4.78 is 10.1. The van der Waals surface area contributed by atoms with Gasteiger partial charge >= 0.3 is 11.9 Å². The molecule has 1 saturated carbocycles. The van der Waals surface area contributed by atoms with Crippen molar-refractivity contribution in [3.05, 3.63) is 85.0 Å². The van der Waals surface area contributed by atoms with Gasteiger partial charge in [0.25, 0.3) is 0 Å². The molecule has 0 radical (unpaired) electrons. The quantitative estimate of drug-likeness (QED) is 0.128. The number of carbonyl (C=O) groups is 2. The van der Waals surface area contributed by atoms with Crippen LogP contribution in [0.4, 0.5) is 0 Å². The summed E-state index contributed by atoms with van der Waals surface area (Å²) in [5.74, 6) is 0.822. The number of aryl methyl sites for hydroxylation is 1. The number of esters is 2. The number of carbonyl (C=O) groups excluding carboxylic acids is 2.